The van der Waals surface area contributed by atoms with E-state index in [1.54, 1.807) is 0 Å². The van der Waals surface area contributed by atoms with E-state index < -0.39 is 23.0 Å². The van der Waals surface area contributed by atoms with Crippen LogP contribution in [0.1, 0.15) is 16.8 Å². The molecule has 4 rings (SSSR count). The van der Waals surface area contributed by atoms with Crippen LogP contribution in [0, 0.1) is 0 Å². The molecule has 3 aromatic carbocycles. The fraction of sp³-hybridized carbons (Fsp3) is 0.0417. The van der Waals surface area contributed by atoms with Crippen LogP contribution >= 0.6 is 0 Å². The van der Waals surface area contributed by atoms with Gasteiger partial charge in [-0.2, -0.15) is 0 Å². The normalized spacial score (nSPS) is 11.2. The van der Waals surface area contributed by atoms with E-state index in [4.69, 9.17) is 0 Å². The fourth-order valence-corrected chi connectivity index (χ4v) is 15.1. The Hall–Kier alpha value is -1.88. The summed E-state index contributed by atoms with van der Waals surface area (Å²) < 4.78 is 4.97. The molecule has 0 saturated carbocycles. The summed E-state index contributed by atoms with van der Waals surface area (Å²) in [7, 11) is 0. The van der Waals surface area contributed by atoms with Crippen molar-refractivity contribution in [3.05, 3.63) is 119 Å². The summed E-state index contributed by atoms with van der Waals surface area (Å²) in [6.45, 7) is 0. The van der Waals surface area contributed by atoms with Gasteiger partial charge in [-0.05, 0) is 0 Å². The van der Waals surface area contributed by atoms with Gasteiger partial charge in [0.05, 0.1) is 0 Å². The maximum Gasteiger partial charge on any atom is -1.00 e. The van der Waals surface area contributed by atoms with Crippen LogP contribution in [0.4, 0.5) is 0 Å². The minimum Gasteiger partial charge on any atom is -1.00 e. The molecule has 0 spiro atoms. The van der Waals surface area contributed by atoms with Gasteiger partial charge in [0.1, 0.15) is 0 Å². The van der Waals surface area contributed by atoms with Gasteiger partial charge in [0.15, 0.2) is 0 Å². The Morgan fingerprint density at radius 3 is 1.73 bits per heavy atom. The summed E-state index contributed by atoms with van der Waals surface area (Å²) in [4.78, 5) is 13.1. The average Bonchev–Trinajstić information content (AvgIpc) is 3.30. The third-order valence-electron chi connectivity index (χ3n) is 4.74. The van der Waals surface area contributed by atoms with Gasteiger partial charge in [0.25, 0.3) is 0 Å². The molecule has 1 aliphatic carbocycles. The number of allylic oxidation sites excluding steroid dienone is 4. The van der Waals surface area contributed by atoms with Crippen molar-refractivity contribution in [3.8, 4) is 0 Å². The van der Waals surface area contributed by atoms with Gasteiger partial charge in [-0.1, -0.05) is 0 Å². The quantitative estimate of drug-likeness (QED) is 0.401. The van der Waals surface area contributed by atoms with Crippen LogP contribution in [0.25, 0.3) is 0 Å². The molecule has 0 fully saturated rings. The number of amides is 1. The van der Waals surface area contributed by atoms with Crippen molar-refractivity contribution in [3.63, 3.8) is 0 Å². The Labute approximate surface area is 196 Å². The van der Waals surface area contributed by atoms with E-state index in [1.165, 1.54) is 14.3 Å². The maximum atomic E-state index is 13.1. The average molecular weight is 486 g/mol. The molecule has 0 aliphatic heterocycles. The fourth-order valence-electron chi connectivity index (χ4n) is 3.38. The number of rotatable bonds is 5. The van der Waals surface area contributed by atoms with E-state index in [1.807, 2.05) is 30.3 Å². The van der Waals surface area contributed by atoms with E-state index in [0.717, 1.165) is 12.0 Å². The van der Waals surface area contributed by atoms with E-state index >= 15 is 0 Å². The molecule has 150 valence electrons. The molecule has 0 saturated heterocycles. The predicted octanol–water partition coefficient (Wildman–Crippen LogP) is -2.39. The monoisotopic (exact) mass is 485 g/mol. The molecule has 0 atom stereocenters. The number of nitrogens with one attached hydrogen (secondary N) is 1. The van der Waals surface area contributed by atoms with E-state index in [0.29, 0.717) is 0 Å². The summed E-state index contributed by atoms with van der Waals surface area (Å²) in [5.74, 6) is 0.0535. The molecule has 1 amide bonds. The molecule has 0 radical (unpaired) electrons. The molecular weight excluding hydrogens is 465 g/mol. The molecule has 6 heteroatoms. The van der Waals surface area contributed by atoms with E-state index in [-0.39, 0.29) is 30.7 Å². The van der Waals surface area contributed by atoms with E-state index in [2.05, 4.69) is 82.7 Å². The summed E-state index contributed by atoms with van der Waals surface area (Å²) in [6.07, 6.45) is 6.43. The zero-order valence-electron chi connectivity index (χ0n) is 16.3. The van der Waals surface area contributed by atoms with Crippen LogP contribution in [0.3, 0.4) is 0 Å². The number of carbonyl (C=O) groups is 1. The second-order valence-electron chi connectivity index (χ2n) is 6.63. The topological polar surface area (TPSA) is 29.1 Å². The second kappa shape index (κ2) is 12.1. The van der Waals surface area contributed by atoms with Crippen molar-refractivity contribution >= 4 is 22.5 Å². The Balaban J connectivity index is 0.00000160. The Morgan fingerprint density at radius 2 is 1.27 bits per heavy atom. The molecule has 0 aromatic heterocycles. The first kappa shape index (κ1) is 24.4. The van der Waals surface area contributed by atoms with Crippen LogP contribution in [0.2, 0.25) is 0 Å². The van der Waals surface area contributed by atoms with Crippen molar-refractivity contribution in [2.24, 2.45) is 0 Å². The molecule has 3 aromatic rings. The van der Waals surface area contributed by atoms with Gasteiger partial charge in [0.2, 0.25) is 0 Å². The van der Waals surface area contributed by atoms with Gasteiger partial charge in [-0.3, -0.25) is 0 Å². The minimum atomic E-state index is -2.13. The third kappa shape index (κ3) is 5.84. The minimum absolute atomic E-state index is 0. The summed E-state index contributed by atoms with van der Waals surface area (Å²) in [5.41, 5.74) is 0.738. The smallest absolute Gasteiger partial charge is 1.00 e. The zero-order valence-corrected chi connectivity index (χ0v) is 20.3. The summed E-state index contributed by atoms with van der Waals surface area (Å²) in [6, 6.07) is 31.1. The Kier molecular flexibility index (Phi) is 9.83. The van der Waals surface area contributed by atoms with Crippen molar-refractivity contribution < 1.29 is 46.5 Å². The summed E-state index contributed by atoms with van der Waals surface area (Å²) >= 11 is -2.13. The Bertz CT molecular complexity index is 1030. The first-order valence-electron chi connectivity index (χ1n) is 9.40. The van der Waals surface area contributed by atoms with Crippen molar-refractivity contribution in [2.45, 2.75) is 6.42 Å². The van der Waals surface area contributed by atoms with Crippen LogP contribution in [-0.2, 0) is 16.9 Å². The molecule has 0 heterocycles. The first-order valence-corrected chi connectivity index (χ1v) is 14.8. The van der Waals surface area contributed by atoms with Gasteiger partial charge >= 0.3 is 173 Å². The van der Waals surface area contributed by atoms with Gasteiger partial charge in [0, 0.05) is 0 Å². The standard InChI is InChI=1S/C12H10Si.C7H7NO.C5H5.2ClH.Ti/c1-3-7-11(8-4-1)13-12-9-5-2-6-10-12;8-7(9)6-4-2-1-3-5-6;1-2-4-5-3-1;;;/h1-10H;1-5H,(H2,8,9);1-3H,4H2;2*1H;/q;;;;;+3/p-3. The van der Waals surface area contributed by atoms with Crippen LogP contribution in [0.5, 0.6) is 0 Å². The largest absolute Gasteiger partial charge is 1.00 e. The number of hydrogen-bond acceptors (Lipinski definition) is 1. The number of benzene rings is 3. The number of carbonyl (C=O) groups excluding carboxylic acids is 1. The van der Waals surface area contributed by atoms with Crippen molar-refractivity contribution in [1.82, 2.24) is 3.80 Å². The number of hydrogen-bond donors (Lipinski definition) is 1. The molecule has 1 N–H and O–H groups in total. The van der Waals surface area contributed by atoms with Gasteiger partial charge in [-0.25, -0.2) is 0 Å². The molecule has 0 unspecified atom stereocenters. The maximum absolute atomic E-state index is 13.1. The van der Waals surface area contributed by atoms with Gasteiger partial charge in [-0.15, -0.1) is 0 Å². The van der Waals surface area contributed by atoms with Crippen molar-refractivity contribution in [1.29, 1.82) is 0 Å². The first-order chi connectivity index (χ1) is 13.8. The molecule has 2 nitrogen and oxygen atoms in total. The van der Waals surface area contributed by atoms with Crippen molar-refractivity contribution in [2.75, 3.05) is 0 Å². The predicted molar refractivity (Wildman–Crippen MR) is 114 cm³/mol. The van der Waals surface area contributed by atoms with E-state index in [9.17, 15) is 4.79 Å². The third-order valence-corrected chi connectivity index (χ3v) is 16.3. The molecule has 30 heavy (non-hydrogen) atoms. The van der Waals surface area contributed by atoms with Crippen LogP contribution in [-0.4, -0.2) is 12.1 Å². The van der Waals surface area contributed by atoms with Gasteiger partial charge < -0.3 is 24.8 Å². The number of halogens is 2. The molecular formula is C24H21Cl2NOSiTi. The van der Waals surface area contributed by atoms with Crippen LogP contribution < -0.4 is 39.0 Å². The summed E-state index contributed by atoms with van der Waals surface area (Å²) in [5, 5.41) is 2.74. The molecule has 0 bridgehead atoms. The van der Waals surface area contributed by atoms with Crippen LogP contribution in [0.15, 0.2) is 113 Å². The Morgan fingerprint density at radius 1 is 0.767 bits per heavy atom. The zero-order chi connectivity index (χ0) is 19.2. The second-order valence-corrected chi connectivity index (χ2v) is 15.5. The molecule has 1 aliphatic rings. The SMILES string of the molecule is O=C([NH][Ti+2]([C]1=CC=CC1)=[Si](c1ccccc1)c1ccccc1)c1ccccc1.[Cl-].[Cl-].